The fraction of sp³-hybridized carbons (Fsp3) is 0.217. The Morgan fingerprint density at radius 2 is 1.94 bits per heavy atom. The van der Waals surface area contributed by atoms with Crippen molar-refractivity contribution in [3.05, 3.63) is 70.2 Å². The van der Waals surface area contributed by atoms with E-state index in [9.17, 15) is 19.3 Å². The predicted octanol–water partition coefficient (Wildman–Crippen LogP) is 5.15. The standard InChI is InChI=1S/C23H21Cl2FN6O3/c1-30-13-16(32(34)35)12-21(30)22-28-18-4-2-14(10-19(18)29-22)23(33)27-15-3-5-20(17(26)11-15)31(8-6-24)9-7-25/h2-5,10-13H,6-9H2,1H3,(H,27,33)(H,28,29). The Balaban J connectivity index is 1.54. The first-order valence-corrected chi connectivity index (χ1v) is 11.7. The monoisotopic (exact) mass is 518 g/mol. The zero-order valence-electron chi connectivity index (χ0n) is 18.6. The van der Waals surface area contributed by atoms with Crippen molar-refractivity contribution in [2.24, 2.45) is 7.05 Å². The third-order valence-electron chi connectivity index (χ3n) is 5.44. The lowest BCUT2D eigenvalue weighted by molar-refractivity contribution is -0.384. The number of H-pyrrole nitrogens is 1. The first-order chi connectivity index (χ1) is 16.8. The van der Waals surface area contributed by atoms with Crippen LogP contribution in [0.4, 0.5) is 21.5 Å². The molecule has 0 aliphatic carbocycles. The fourth-order valence-electron chi connectivity index (χ4n) is 3.76. The Labute approximate surface area is 209 Å². The summed E-state index contributed by atoms with van der Waals surface area (Å²) in [6, 6.07) is 10.7. The molecule has 1 amide bonds. The first-order valence-electron chi connectivity index (χ1n) is 10.6. The summed E-state index contributed by atoms with van der Waals surface area (Å²) in [4.78, 5) is 32.7. The highest BCUT2D eigenvalue weighted by molar-refractivity contribution is 6.18. The minimum absolute atomic E-state index is 0.0466. The zero-order valence-corrected chi connectivity index (χ0v) is 20.1. The number of aryl methyl sites for hydroxylation is 1. The van der Waals surface area contributed by atoms with Crippen LogP contribution in [-0.2, 0) is 7.05 Å². The summed E-state index contributed by atoms with van der Waals surface area (Å²) in [6.45, 7) is 0.887. The van der Waals surface area contributed by atoms with Crippen LogP contribution in [0.15, 0.2) is 48.7 Å². The Morgan fingerprint density at radius 3 is 2.57 bits per heavy atom. The van der Waals surface area contributed by atoms with E-state index in [0.29, 0.717) is 64.3 Å². The van der Waals surface area contributed by atoms with E-state index in [2.05, 4.69) is 15.3 Å². The van der Waals surface area contributed by atoms with Crippen molar-refractivity contribution < 1.29 is 14.1 Å². The average molecular weight is 519 g/mol. The molecule has 2 aromatic carbocycles. The van der Waals surface area contributed by atoms with Crippen molar-refractivity contribution in [3.63, 3.8) is 0 Å². The molecular weight excluding hydrogens is 498 g/mol. The van der Waals surface area contributed by atoms with Gasteiger partial charge in [0.05, 0.1) is 33.5 Å². The number of amides is 1. The number of carbonyl (C=O) groups excluding carboxylic acids is 1. The molecule has 2 heterocycles. The van der Waals surface area contributed by atoms with Gasteiger partial charge >= 0.3 is 0 Å². The van der Waals surface area contributed by atoms with Crippen molar-refractivity contribution in [2.75, 3.05) is 35.1 Å². The second-order valence-corrected chi connectivity index (χ2v) is 8.51. The number of hydrogen-bond donors (Lipinski definition) is 2. The quantitative estimate of drug-likeness (QED) is 0.181. The van der Waals surface area contributed by atoms with Gasteiger partial charge in [-0.15, -0.1) is 23.2 Å². The number of rotatable bonds is 9. The summed E-state index contributed by atoms with van der Waals surface area (Å²) < 4.78 is 16.3. The molecule has 4 rings (SSSR count). The van der Waals surface area contributed by atoms with Crippen LogP contribution in [0.3, 0.4) is 0 Å². The number of alkyl halides is 2. The zero-order chi connectivity index (χ0) is 25.1. The average Bonchev–Trinajstić information content (AvgIpc) is 3.42. The minimum atomic E-state index is -0.497. The number of nitrogens with zero attached hydrogens (tertiary/aromatic N) is 4. The number of anilines is 2. The third-order valence-corrected chi connectivity index (χ3v) is 5.78. The van der Waals surface area contributed by atoms with Crippen LogP contribution < -0.4 is 10.2 Å². The maximum Gasteiger partial charge on any atom is 0.287 e. The number of nitrogens with one attached hydrogen (secondary N) is 2. The van der Waals surface area contributed by atoms with Gasteiger partial charge in [-0.1, -0.05) is 0 Å². The first kappa shape index (κ1) is 24.5. The predicted molar refractivity (Wildman–Crippen MR) is 135 cm³/mol. The lowest BCUT2D eigenvalue weighted by Crippen LogP contribution is -2.28. The van der Waals surface area contributed by atoms with Crippen LogP contribution in [0.25, 0.3) is 22.6 Å². The van der Waals surface area contributed by atoms with E-state index >= 15 is 0 Å². The molecule has 4 aromatic rings. The van der Waals surface area contributed by atoms with E-state index in [4.69, 9.17) is 23.2 Å². The Bertz CT molecular complexity index is 1400. The van der Waals surface area contributed by atoms with Crippen LogP contribution in [0.1, 0.15) is 10.4 Å². The number of nitro groups is 1. The number of imidazole rings is 1. The highest BCUT2D eigenvalue weighted by atomic mass is 35.5. The van der Waals surface area contributed by atoms with Gasteiger partial charge in [-0.05, 0) is 36.4 Å². The van der Waals surface area contributed by atoms with Gasteiger partial charge in [0.15, 0.2) is 5.82 Å². The summed E-state index contributed by atoms with van der Waals surface area (Å²) >= 11 is 11.6. The molecule has 35 heavy (non-hydrogen) atoms. The number of aromatic amines is 1. The summed E-state index contributed by atoms with van der Waals surface area (Å²) in [5.74, 6) is 0.164. The van der Waals surface area contributed by atoms with Gasteiger partial charge in [0.1, 0.15) is 5.82 Å². The smallest absolute Gasteiger partial charge is 0.287 e. The fourth-order valence-corrected chi connectivity index (χ4v) is 4.16. The summed E-state index contributed by atoms with van der Waals surface area (Å²) in [5.41, 5.74) is 2.65. The second-order valence-electron chi connectivity index (χ2n) is 7.75. The molecule has 0 fully saturated rings. The Hall–Kier alpha value is -3.63. The van der Waals surface area contributed by atoms with Gasteiger partial charge in [-0.2, -0.15) is 0 Å². The molecule has 0 aliphatic heterocycles. The number of benzene rings is 2. The third kappa shape index (κ3) is 5.23. The highest BCUT2D eigenvalue weighted by Crippen LogP contribution is 2.27. The molecule has 182 valence electrons. The van der Waals surface area contributed by atoms with E-state index in [1.165, 1.54) is 18.3 Å². The molecule has 0 unspecified atom stereocenters. The molecule has 0 saturated carbocycles. The van der Waals surface area contributed by atoms with Crippen molar-refractivity contribution in [2.45, 2.75) is 0 Å². The van der Waals surface area contributed by atoms with Crippen molar-refractivity contribution in [1.29, 1.82) is 0 Å². The van der Waals surface area contributed by atoms with Crippen molar-refractivity contribution in [3.8, 4) is 11.5 Å². The number of carbonyl (C=O) groups is 1. The maximum absolute atomic E-state index is 14.7. The number of aromatic nitrogens is 3. The van der Waals surface area contributed by atoms with Crippen LogP contribution in [0, 0.1) is 15.9 Å². The van der Waals surface area contributed by atoms with Gasteiger partial charge in [0.25, 0.3) is 11.6 Å². The number of hydrogen-bond acceptors (Lipinski definition) is 5. The molecule has 2 N–H and O–H groups in total. The molecular formula is C23H21Cl2FN6O3. The van der Waals surface area contributed by atoms with Gasteiger partial charge < -0.3 is 19.8 Å². The normalized spacial score (nSPS) is 11.1. The minimum Gasteiger partial charge on any atom is -0.367 e. The summed E-state index contributed by atoms with van der Waals surface area (Å²) in [6.07, 6.45) is 1.40. The molecule has 0 atom stereocenters. The Morgan fingerprint density at radius 1 is 1.20 bits per heavy atom. The van der Waals surface area contributed by atoms with Crippen LogP contribution in [0.2, 0.25) is 0 Å². The van der Waals surface area contributed by atoms with Gasteiger partial charge in [-0.25, -0.2) is 9.37 Å². The highest BCUT2D eigenvalue weighted by Gasteiger charge is 2.17. The topological polar surface area (TPSA) is 109 Å². The molecule has 0 aliphatic rings. The van der Waals surface area contributed by atoms with E-state index in [-0.39, 0.29) is 5.69 Å². The van der Waals surface area contributed by atoms with Gasteiger partial charge in [-0.3, -0.25) is 14.9 Å². The molecule has 0 bridgehead atoms. The van der Waals surface area contributed by atoms with E-state index in [1.807, 2.05) is 0 Å². The molecule has 12 heteroatoms. The van der Waals surface area contributed by atoms with E-state index in [0.717, 1.165) is 0 Å². The summed E-state index contributed by atoms with van der Waals surface area (Å²) in [7, 11) is 1.68. The molecule has 0 spiro atoms. The van der Waals surface area contributed by atoms with Gasteiger partial charge in [0.2, 0.25) is 0 Å². The Kier molecular flexibility index (Phi) is 7.23. The van der Waals surface area contributed by atoms with E-state index in [1.54, 1.807) is 46.8 Å². The van der Waals surface area contributed by atoms with Crippen LogP contribution >= 0.6 is 23.2 Å². The van der Waals surface area contributed by atoms with Crippen molar-refractivity contribution >= 4 is 57.2 Å². The lowest BCUT2D eigenvalue weighted by atomic mass is 10.1. The summed E-state index contributed by atoms with van der Waals surface area (Å²) in [5, 5.41) is 13.7. The van der Waals surface area contributed by atoms with Crippen molar-refractivity contribution in [1.82, 2.24) is 14.5 Å². The van der Waals surface area contributed by atoms with Gasteiger partial charge in [0, 0.05) is 49.2 Å². The number of halogens is 3. The van der Waals surface area contributed by atoms with Crippen LogP contribution in [0.5, 0.6) is 0 Å². The molecule has 2 aromatic heterocycles. The number of fused-ring (bicyclic) bond motifs is 1. The maximum atomic E-state index is 14.7. The van der Waals surface area contributed by atoms with E-state index < -0.39 is 16.6 Å². The SMILES string of the molecule is Cn1cc([N+](=O)[O-])cc1-c1nc2ccc(C(=O)Nc3ccc(N(CCCl)CCCl)c(F)c3)cc2[nH]1. The van der Waals surface area contributed by atoms with Crippen LogP contribution in [-0.4, -0.2) is 50.2 Å². The lowest BCUT2D eigenvalue weighted by Gasteiger charge is -2.23. The molecule has 0 radical (unpaired) electrons. The largest absolute Gasteiger partial charge is 0.367 e. The second kappa shape index (κ2) is 10.3. The molecule has 0 saturated heterocycles. The molecule has 9 nitrogen and oxygen atoms in total.